The summed E-state index contributed by atoms with van der Waals surface area (Å²) in [6.45, 7) is 16.1. The number of hydrazone groups is 1. The Morgan fingerprint density at radius 2 is 1.36 bits per heavy atom. The molecule has 0 saturated carbocycles. The Balaban J connectivity index is 1.37. The van der Waals surface area contributed by atoms with Gasteiger partial charge in [-0.05, 0) is 94.8 Å². The number of likely N-dealkylation sites (tertiary alicyclic amines) is 1. The molecule has 2 aromatic carbocycles. The van der Waals surface area contributed by atoms with E-state index in [1.54, 1.807) is 37.8 Å². The van der Waals surface area contributed by atoms with E-state index in [0.717, 1.165) is 5.56 Å². The minimum Gasteiger partial charge on any atom is -0.455 e. The van der Waals surface area contributed by atoms with Gasteiger partial charge >= 0.3 is 5.97 Å². The maximum absolute atomic E-state index is 14.5. The number of benzene rings is 2. The fraction of sp³-hybridized carbons (Fsp3) is 0.629. The number of ether oxygens (including phenoxy) is 3. The fourth-order valence-corrected chi connectivity index (χ4v) is 11.2. The normalized spacial score (nSPS) is 18.0. The highest BCUT2D eigenvalue weighted by Gasteiger charge is 2.44. The van der Waals surface area contributed by atoms with E-state index in [0.29, 0.717) is 82.2 Å². The molecule has 0 bridgehead atoms. The average Bonchev–Trinajstić information content (AvgIpc) is 4.11. The lowest BCUT2D eigenvalue weighted by atomic mass is 9.89. The molecular formula is C62H94N8O11. The predicted octanol–water partition coefficient (Wildman–Crippen LogP) is 6.99. The molecule has 4 rings (SSSR count). The minimum atomic E-state index is -0.823. The van der Waals surface area contributed by atoms with Crippen molar-refractivity contribution in [2.75, 3.05) is 48.5 Å². The lowest BCUT2D eigenvalue weighted by Gasteiger charge is -2.41. The first kappa shape index (κ1) is 67.2. The standard InChI is InChI=1S/C62H94N8O11/c1-14-42(6)57(68(11)62(78)55(40(2)3)64-61(77)56(41(4)5)67(9)10)49(79-12)39-53(74)69-38-26-32-48(69)58(80-13)43(7)60(76)63-44(8)59(46-29-20-16-21-30-46)81-54(75)34-24-23-31-47(45-27-18-15-19-28-45)65-66-50(71)33-22-17-25-37-70-51(72)35-36-52(70)73/h15-16,18-21,27-30,35-36,40-44,48-49,55-59H,14,17,22-26,31-34,37-39H2,1-13H3,(H,63,76)(H,64,77)(H,66,71)/t42-,43+,44+,48-,49?,55-,56-,57-,58+,59?/m0/s1. The molecule has 81 heavy (non-hydrogen) atoms. The van der Waals surface area contributed by atoms with E-state index >= 15 is 0 Å². The number of rotatable bonds is 34. The Bertz CT molecular complexity index is 2410. The number of hydrogen-bond donors (Lipinski definition) is 3. The molecule has 448 valence electrons. The van der Waals surface area contributed by atoms with Crippen LogP contribution >= 0.6 is 0 Å². The highest BCUT2D eigenvalue weighted by Crippen LogP contribution is 2.31. The first-order valence-corrected chi connectivity index (χ1v) is 29.1. The van der Waals surface area contributed by atoms with Crippen molar-refractivity contribution >= 4 is 53.0 Å². The van der Waals surface area contributed by atoms with Crippen molar-refractivity contribution in [1.29, 1.82) is 0 Å². The molecule has 10 atom stereocenters. The summed E-state index contributed by atoms with van der Waals surface area (Å²) in [4.78, 5) is 113. The number of unbranched alkanes of at least 4 members (excludes halogenated alkanes) is 3. The Kier molecular flexibility index (Phi) is 27.9. The lowest BCUT2D eigenvalue weighted by Crippen LogP contribution is -2.59. The summed E-state index contributed by atoms with van der Waals surface area (Å²) in [7, 11) is 8.50. The van der Waals surface area contributed by atoms with Crippen LogP contribution < -0.4 is 16.1 Å². The van der Waals surface area contributed by atoms with Crippen molar-refractivity contribution in [1.82, 2.24) is 35.7 Å². The second-order valence-electron chi connectivity index (χ2n) is 22.7. The number of methoxy groups -OCH3 is 2. The van der Waals surface area contributed by atoms with Gasteiger partial charge in [0.05, 0.1) is 54.4 Å². The molecule has 2 aliphatic rings. The zero-order chi connectivity index (χ0) is 59.9. The highest BCUT2D eigenvalue weighted by atomic mass is 16.5. The van der Waals surface area contributed by atoms with Gasteiger partial charge < -0.3 is 34.6 Å². The molecule has 19 nitrogen and oxygen atoms in total. The van der Waals surface area contributed by atoms with Crippen molar-refractivity contribution in [3.05, 3.63) is 83.9 Å². The minimum absolute atomic E-state index is 0.0151. The first-order chi connectivity index (χ1) is 38.6. The zero-order valence-corrected chi connectivity index (χ0v) is 50.5. The Hall–Kier alpha value is -6.31. The number of carbonyl (C=O) groups is 8. The van der Waals surface area contributed by atoms with Crippen molar-refractivity contribution < 1.29 is 52.6 Å². The van der Waals surface area contributed by atoms with Gasteiger partial charge in [0.15, 0.2) is 0 Å². The molecule has 0 aliphatic carbocycles. The Morgan fingerprint density at radius 3 is 1.94 bits per heavy atom. The molecule has 1 fully saturated rings. The van der Waals surface area contributed by atoms with E-state index in [1.165, 1.54) is 24.2 Å². The van der Waals surface area contributed by atoms with Crippen molar-refractivity contribution in [3.63, 3.8) is 0 Å². The number of hydrogen-bond acceptors (Lipinski definition) is 13. The van der Waals surface area contributed by atoms with E-state index < -0.39 is 60.4 Å². The molecular weight excluding hydrogens is 1030 g/mol. The number of nitrogens with one attached hydrogen (secondary N) is 3. The molecule has 1 saturated heterocycles. The third-order valence-corrected chi connectivity index (χ3v) is 15.8. The van der Waals surface area contributed by atoms with Crippen molar-refractivity contribution in [3.8, 4) is 0 Å². The number of nitrogens with zero attached hydrogens (tertiary/aromatic N) is 5. The molecule has 0 aromatic heterocycles. The summed E-state index contributed by atoms with van der Waals surface area (Å²) in [5.74, 6) is -3.32. The number of carbonyl (C=O) groups excluding carboxylic acids is 8. The van der Waals surface area contributed by atoms with Gasteiger partial charge in [-0.15, -0.1) is 0 Å². The van der Waals surface area contributed by atoms with Gasteiger partial charge in [0.2, 0.25) is 29.5 Å². The summed E-state index contributed by atoms with van der Waals surface area (Å²) >= 11 is 0. The molecule has 0 radical (unpaired) electrons. The Labute approximate surface area is 481 Å². The van der Waals surface area contributed by atoms with E-state index in [-0.39, 0.29) is 78.4 Å². The monoisotopic (exact) mass is 1130 g/mol. The van der Waals surface area contributed by atoms with Crippen LogP contribution in [-0.2, 0) is 52.6 Å². The summed E-state index contributed by atoms with van der Waals surface area (Å²) in [6, 6.07) is 15.9. The largest absolute Gasteiger partial charge is 0.455 e. The predicted molar refractivity (Wildman–Crippen MR) is 312 cm³/mol. The first-order valence-electron chi connectivity index (χ1n) is 29.1. The third-order valence-electron chi connectivity index (χ3n) is 15.8. The van der Waals surface area contributed by atoms with Gasteiger partial charge in [-0.1, -0.05) is 122 Å². The summed E-state index contributed by atoms with van der Waals surface area (Å²) in [5.41, 5.74) is 4.87. The van der Waals surface area contributed by atoms with Gasteiger partial charge in [-0.3, -0.25) is 48.2 Å². The van der Waals surface area contributed by atoms with Crippen LogP contribution in [0.1, 0.15) is 150 Å². The molecule has 2 unspecified atom stereocenters. The van der Waals surface area contributed by atoms with Gasteiger partial charge in [0, 0.05) is 59.4 Å². The molecule has 0 spiro atoms. The van der Waals surface area contributed by atoms with Crippen LogP contribution in [0, 0.1) is 23.7 Å². The van der Waals surface area contributed by atoms with Crippen molar-refractivity contribution in [2.45, 2.75) is 181 Å². The van der Waals surface area contributed by atoms with Crippen LogP contribution in [-0.4, -0.2) is 164 Å². The van der Waals surface area contributed by atoms with E-state index in [4.69, 9.17) is 14.2 Å². The summed E-state index contributed by atoms with van der Waals surface area (Å²) in [6.07, 6.45) is 5.97. The maximum Gasteiger partial charge on any atom is 0.306 e. The molecule has 2 heterocycles. The van der Waals surface area contributed by atoms with Crippen LogP contribution in [0.3, 0.4) is 0 Å². The SMILES string of the molecule is CC[C@H](C)[C@@H](C(CC(=O)N1CCC[C@H]1[C@H](OC)[C@@H](C)C(=O)N[C@H](C)C(OC(=O)CCCCC(=NNC(=O)CCCCCN1C(=O)C=CC1=O)c1ccccc1)c1ccccc1)OC)N(C)C(=O)[C@@H](NC(=O)[C@H](C(C)C)N(C)C)C(C)C. The van der Waals surface area contributed by atoms with E-state index in [2.05, 4.69) is 21.2 Å². The third kappa shape index (κ3) is 19.7. The number of likely N-dealkylation sites (N-methyl/N-ethyl adjacent to an activating group) is 2. The van der Waals surface area contributed by atoms with E-state index in [1.807, 2.05) is 121 Å². The van der Waals surface area contributed by atoms with Gasteiger partial charge in [0.1, 0.15) is 12.1 Å². The highest BCUT2D eigenvalue weighted by molar-refractivity contribution is 6.12. The van der Waals surface area contributed by atoms with Gasteiger partial charge in [-0.25, -0.2) is 5.43 Å². The lowest BCUT2D eigenvalue weighted by molar-refractivity contribution is -0.152. The second-order valence-corrected chi connectivity index (χ2v) is 22.7. The number of esters is 1. The molecule has 3 N–H and O–H groups in total. The van der Waals surface area contributed by atoms with Crippen LogP contribution in [0.5, 0.6) is 0 Å². The van der Waals surface area contributed by atoms with Gasteiger partial charge in [-0.2, -0.15) is 5.10 Å². The fourth-order valence-electron chi connectivity index (χ4n) is 11.2. The summed E-state index contributed by atoms with van der Waals surface area (Å²) < 4.78 is 18.3. The van der Waals surface area contributed by atoms with E-state index in [9.17, 15) is 38.4 Å². The topological polar surface area (TPSA) is 226 Å². The van der Waals surface area contributed by atoms with Crippen LogP contribution in [0.2, 0.25) is 0 Å². The summed E-state index contributed by atoms with van der Waals surface area (Å²) in [5, 5.41) is 10.6. The molecule has 2 aliphatic heterocycles. The zero-order valence-electron chi connectivity index (χ0n) is 50.5. The number of amides is 7. The smallest absolute Gasteiger partial charge is 0.306 e. The maximum atomic E-state index is 14.5. The second kappa shape index (κ2) is 33.6. The molecule has 2 aromatic rings. The van der Waals surface area contributed by atoms with Crippen LogP contribution in [0.15, 0.2) is 77.9 Å². The van der Waals surface area contributed by atoms with Gasteiger partial charge in [0.25, 0.3) is 11.8 Å². The van der Waals surface area contributed by atoms with Crippen molar-refractivity contribution in [2.24, 2.45) is 28.8 Å². The quantitative estimate of drug-likeness (QED) is 0.0212. The Morgan fingerprint density at radius 1 is 0.741 bits per heavy atom. The van der Waals surface area contributed by atoms with Crippen LogP contribution in [0.4, 0.5) is 0 Å². The van der Waals surface area contributed by atoms with Crippen LogP contribution in [0.25, 0.3) is 0 Å². The number of imide groups is 1. The molecule has 19 heteroatoms. The average molecular weight is 1130 g/mol. The molecule has 7 amide bonds.